The highest BCUT2D eigenvalue weighted by molar-refractivity contribution is 5.03. The average molecular weight is 190 g/mol. The van der Waals surface area contributed by atoms with Gasteiger partial charge in [-0.25, -0.2) is 4.98 Å². The van der Waals surface area contributed by atoms with Crippen LogP contribution in [0.25, 0.3) is 0 Å². The van der Waals surface area contributed by atoms with Gasteiger partial charge in [-0.15, -0.1) is 0 Å². The molecule has 13 heavy (non-hydrogen) atoms. The second-order valence-corrected chi connectivity index (χ2v) is 3.37. The maximum Gasteiger partial charge on any atom is 0.432 e. The monoisotopic (exact) mass is 190 g/mol. The van der Waals surface area contributed by atoms with Crippen LogP contribution in [0.3, 0.4) is 0 Å². The van der Waals surface area contributed by atoms with Gasteiger partial charge < -0.3 is 4.57 Å². The lowest BCUT2D eigenvalue weighted by atomic mass is 10.4. The van der Waals surface area contributed by atoms with Crippen LogP contribution in [-0.4, -0.2) is 9.55 Å². The highest BCUT2D eigenvalue weighted by Gasteiger charge is 2.35. The van der Waals surface area contributed by atoms with Crippen molar-refractivity contribution >= 4 is 0 Å². The van der Waals surface area contributed by atoms with Crippen molar-refractivity contribution in [1.29, 1.82) is 0 Å². The summed E-state index contributed by atoms with van der Waals surface area (Å²) in [5, 5.41) is 0. The number of nitrogens with zero attached hydrogens (tertiary/aromatic N) is 2. The van der Waals surface area contributed by atoms with Crippen LogP contribution in [0.4, 0.5) is 13.2 Å². The van der Waals surface area contributed by atoms with Gasteiger partial charge in [0.2, 0.25) is 0 Å². The summed E-state index contributed by atoms with van der Waals surface area (Å²) in [6, 6.07) is 0. The molecule has 1 aliphatic rings. The minimum absolute atomic E-state index is 0.426. The zero-order valence-electron chi connectivity index (χ0n) is 6.88. The molecule has 0 bridgehead atoms. The molecular weight excluding hydrogens is 181 g/mol. The lowest BCUT2D eigenvalue weighted by Crippen LogP contribution is -2.13. The van der Waals surface area contributed by atoms with E-state index < -0.39 is 11.9 Å². The van der Waals surface area contributed by atoms with Crippen molar-refractivity contribution in [2.24, 2.45) is 5.92 Å². The Morgan fingerprint density at radius 3 is 2.69 bits per heavy atom. The first-order valence-corrected chi connectivity index (χ1v) is 4.14. The third kappa shape index (κ3) is 1.84. The van der Waals surface area contributed by atoms with Gasteiger partial charge in [-0.1, -0.05) is 0 Å². The Labute approximate surface area is 73.4 Å². The number of aromatic nitrogens is 2. The molecule has 0 aromatic carbocycles. The first-order chi connectivity index (χ1) is 6.07. The molecule has 0 aliphatic heterocycles. The van der Waals surface area contributed by atoms with Crippen molar-refractivity contribution in [3.63, 3.8) is 0 Å². The molecule has 2 rings (SSSR count). The normalized spacial score (nSPS) is 17.8. The van der Waals surface area contributed by atoms with Crippen LogP contribution in [0.15, 0.2) is 12.5 Å². The van der Waals surface area contributed by atoms with E-state index in [0.717, 1.165) is 19.0 Å². The van der Waals surface area contributed by atoms with E-state index in [9.17, 15) is 13.2 Å². The van der Waals surface area contributed by atoms with Gasteiger partial charge in [0.1, 0.15) is 5.69 Å². The van der Waals surface area contributed by atoms with Gasteiger partial charge in [-0.2, -0.15) is 13.2 Å². The molecule has 0 radical (unpaired) electrons. The molecule has 0 spiro atoms. The molecule has 1 aliphatic carbocycles. The Balaban J connectivity index is 2.19. The summed E-state index contributed by atoms with van der Waals surface area (Å²) < 4.78 is 38.1. The smallest absolute Gasteiger partial charge is 0.327 e. The lowest BCUT2D eigenvalue weighted by Gasteiger charge is -2.09. The first-order valence-electron chi connectivity index (χ1n) is 4.14. The largest absolute Gasteiger partial charge is 0.432 e. The molecule has 72 valence electrons. The van der Waals surface area contributed by atoms with Gasteiger partial charge in [-0.05, 0) is 18.8 Å². The van der Waals surface area contributed by atoms with Crippen LogP contribution in [0.1, 0.15) is 18.5 Å². The fraction of sp³-hybridized carbons (Fsp3) is 0.625. The summed E-state index contributed by atoms with van der Waals surface area (Å²) in [6.07, 6.45) is -0.0696. The molecule has 1 aromatic rings. The molecule has 2 nitrogen and oxygen atoms in total. The Hall–Kier alpha value is -1.00. The molecule has 0 N–H and O–H groups in total. The van der Waals surface area contributed by atoms with Crippen LogP contribution in [0, 0.1) is 5.92 Å². The third-order valence-corrected chi connectivity index (χ3v) is 2.15. The predicted octanol–water partition coefficient (Wildman–Crippen LogP) is 2.31. The molecule has 0 saturated heterocycles. The van der Waals surface area contributed by atoms with Gasteiger partial charge in [0.05, 0.1) is 12.5 Å². The SMILES string of the molecule is FC(F)(F)c1cncn1CC1CC1. The van der Waals surface area contributed by atoms with Gasteiger partial charge in [-0.3, -0.25) is 0 Å². The van der Waals surface area contributed by atoms with Crippen molar-refractivity contribution in [2.45, 2.75) is 25.6 Å². The zero-order valence-corrected chi connectivity index (χ0v) is 6.88. The molecule has 5 heteroatoms. The van der Waals surface area contributed by atoms with E-state index in [2.05, 4.69) is 4.98 Å². The molecule has 0 atom stereocenters. The van der Waals surface area contributed by atoms with Gasteiger partial charge in [0.15, 0.2) is 0 Å². The maximum absolute atomic E-state index is 12.3. The number of rotatable bonds is 2. The summed E-state index contributed by atoms with van der Waals surface area (Å²) in [5.74, 6) is 0.426. The quantitative estimate of drug-likeness (QED) is 0.699. The molecule has 1 heterocycles. The first kappa shape index (κ1) is 8.59. The van der Waals surface area contributed by atoms with Crippen LogP contribution in [0.2, 0.25) is 0 Å². The summed E-state index contributed by atoms with van der Waals surface area (Å²) >= 11 is 0. The Kier molecular flexibility index (Phi) is 1.82. The molecule has 1 fully saturated rings. The second-order valence-electron chi connectivity index (χ2n) is 3.37. The van der Waals surface area contributed by atoms with Crippen LogP contribution in [-0.2, 0) is 12.7 Å². The Morgan fingerprint density at radius 1 is 1.46 bits per heavy atom. The van der Waals surface area contributed by atoms with E-state index in [1.807, 2.05) is 0 Å². The van der Waals surface area contributed by atoms with Gasteiger partial charge >= 0.3 is 6.18 Å². The topological polar surface area (TPSA) is 17.8 Å². The molecule has 0 amide bonds. The fourth-order valence-electron chi connectivity index (χ4n) is 1.28. The molecule has 1 saturated carbocycles. The Morgan fingerprint density at radius 2 is 2.15 bits per heavy atom. The van der Waals surface area contributed by atoms with E-state index in [1.165, 1.54) is 10.9 Å². The fourth-order valence-corrected chi connectivity index (χ4v) is 1.28. The summed E-state index contributed by atoms with van der Waals surface area (Å²) in [4.78, 5) is 3.51. The maximum atomic E-state index is 12.3. The lowest BCUT2D eigenvalue weighted by molar-refractivity contribution is -0.143. The van der Waals surface area contributed by atoms with Gasteiger partial charge in [0.25, 0.3) is 0 Å². The van der Waals surface area contributed by atoms with Crippen molar-refractivity contribution in [1.82, 2.24) is 9.55 Å². The number of halogens is 3. The predicted molar refractivity (Wildman–Crippen MR) is 40.0 cm³/mol. The summed E-state index contributed by atoms with van der Waals surface area (Å²) in [6.45, 7) is 0.453. The number of hydrogen-bond acceptors (Lipinski definition) is 1. The van der Waals surface area contributed by atoms with Crippen LogP contribution < -0.4 is 0 Å². The van der Waals surface area contributed by atoms with Crippen molar-refractivity contribution in [3.8, 4) is 0 Å². The van der Waals surface area contributed by atoms with Crippen molar-refractivity contribution < 1.29 is 13.2 Å². The second kappa shape index (κ2) is 2.75. The zero-order chi connectivity index (χ0) is 9.47. The molecular formula is C8H9F3N2. The number of alkyl halides is 3. The van der Waals surface area contributed by atoms with E-state index >= 15 is 0 Å². The summed E-state index contributed by atoms with van der Waals surface area (Å²) in [5.41, 5.74) is -0.639. The summed E-state index contributed by atoms with van der Waals surface area (Å²) in [7, 11) is 0. The standard InChI is InChI=1S/C8H9F3N2/c9-8(10,11)7-3-12-5-13(7)4-6-1-2-6/h3,5-6H,1-2,4H2. The number of hydrogen-bond donors (Lipinski definition) is 0. The van der Waals surface area contributed by atoms with Crippen molar-refractivity contribution in [2.75, 3.05) is 0 Å². The highest BCUT2D eigenvalue weighted by Crippen LogP contribution is 2.34. The van der Waals surface area contributed by atoms with Gasteiger partial charge in [0, 0.05) is 6.54 Å². The van der Waals surface area contributed by atoms with E-state index in [1.54, 1.807) is 0 Å². The molecule has 0 unspecified atom stereocenters. The van der Waals surface area contributed by atoms with E-state index in [4.69, 9.17) is 0 Å². The minimum Gasteiger partial charge on any atom is -0.327 e. The van der Waals surface area contributed by atoms with Crippen LogP contribution >= 0.6 is 0 Å². The number of imidazole rings is 1. The molecule has 1 aromatic heterocycles. The average Bonchev–Trinajstić information content (AvgIpc) is 2.63. The highest BCUT2D eigenvalue weighted by atomic mass is 19.4. The van der Waals surface area contributed by atoms with E-state index in [-0.39, 0.29) is 0 Å². The third-order valence-electron chi connectivity index (χ3n) is 2.15. The van der Waals surface area contributed by atoms with Crippen molar-refractivity contribution in [3.05, 3.63) is 18.2 Å². The minimum atomic E-state index is -4.27. The van der Waals surface area contributed by atoms with E-state index in [0.29, 0.717) is 12.5 Å². The van der Waals surface area contributed by atoms with Crippen LogP contribution in [0.5, 0.6) is 0 Å². The Bertz CT molecular complexity index is 299.